The predicted molar refractivity (Wildman–Crippen MR) is 66.6 cm³/mol. The van der Waals surface area contributed by atoms with E-state index in [9.17, 15) is 53.4 Å². The van der Waals surface area contributed by atoms with Gasteiger partial charge in [0.15, 0.2) is 0 Å². The Hall–Kier alpha value is -1.59. The zero-order valence-electron chi connectivity index (χ0n) is 12.7. The van der Waals surface area contributed by atoms with Crippen molar-refractivity contribution in [1.82, 2.24) is 0 Å². The molecule has 0 amide bonds. The molecule has 12 heteroatoms. The molecule has 0 fully saturated rings. The van der Waals surface area contributed by atoms with Crippen LogP contribution in [0, 0.1) is 6.92 Å². The Bertz CT molecular complexity index is 636. The molecule has 1 rings (SSSR count). The van der Waals surface area contributed by atoms with Crippen LogP contribution in [0.3, 0.4) is 0 Å². The summed E-state index contributed by atoms with van der Waals surface area (Å²) in [7, 11) is 0. The minimum absolute atomic E-state index is 0.0755. The lowest BCUT2D eigenvalue weighted by Crippen LogP contribution is -2.66. The first-order valence-corrected chi connectivity index (χ1v) is 6.71. The molecule has 150 valence electrons. The maximum Gasteiger partial charge on any atom is 0.460 e. The van der Waals surface area contributed by atoms with Crippen LogP contribution in [-0.2, 0) is 0 Å². The summed E-state index contributed by atoms with van der Waals surface area (Å²) in [5.74, 6) is -28.1. The van der Waals surface area contributed by atoms with Crippen LogP contribution >= 0.6 is 0 Å². The Morgan fingerprint density at radius 1 is 0.769 bits per heavy atom. The van der Waals surface area contributed by atoms with Gasteiger partial charge in [-0.25, -0.2) is 0 Å². The molecule has 1 N–H and O–H groups in total. The van der Waals surface area contributed by atoms with E-state index in [-0.39, 0.29) is 5.56 Å². The fraction of sp³-hybridized carbons (Fsp3) is 0.571. The van der Waals surface area contributed by atoms with Gasteiger partial charge < -0.3 is 5.11 Å². The van der Waals surface area contributed by atoms with Crippen molar-refractivity contribution in [2.75, 3.05) is 0 Å². The number of aryl methyl sites for hydroxylation is 1. The number of hydrogen-bond acceptors (Lipinski definition) is 1. The van der Waals surface area contributed by atoms with Gasteiger partial charge in [-0.2, -0.15) is 48.3 Å². The molecular weight excluding hydrogens is 393 g/mol. The first kappa shape index (κ1) is 22.5. The van der Waals surface area contributed by atoms with Gasteiger partial charge in [0.2, 0.25) is 0 Å². The molecule has 1 unspecified atom stereocenters. The van der Waals surface area contributed by atoms with E-state index < -0.39 is 48.0 Å². The fourth-order valence-corrected chi connectivity index (χ4v) is 2.05. The fourth-order valence-electron chi connectivity index (χ4n) is 2.05. The van der Waals surface area contributed by atoms with E-state index in [1.54, 1.807) is 0 Å². The van der Waals surface area contributed by atoms with Crippen LogP contribution < -0.4 is 0 Å². The van der Waals surface area contributed by atoms with Crippen LogP contribution in [0.5, 0.6) is 0 Å². The molecule has 26 heavy (non-hydrogen) atoms. The Kier molecular flexibility index (Phi) is 5.64. The summed E-state index contributed by atoms with van der Waals surface area (Å²) in [5.41, 5.74) is -0.333. The van der Waals surface area contributed by atoms with Gasteiger partial charge in [-0.05, 0) is 18.1 Å². The summed E-state index contributed by atoms with van der Waals surface area (Å²) in [5, 5.41) is 9.56. The third-order valence-corrected chi connectivity index (χ3v) is 3.60. The third kappa shape index (κ3) is 3.47. The lowest BCUT2D eigenvalue weighted by molar-refractivity contribution is -0.423. The maximum absolute atomic E-state index is 13.6. The summed E-state index contributed by atoms with van der Waals surface area (Å²) in [6.45, 7) is 1.24. The van der Waals surface area contributed by atoms with E-state index in [2.05, 4.69) is 0 Å². The van der Waals surface area contributed by atoms with Crippen LogP contribution in [0.15, 0.2) is 24.3 Å². The molecule has 1 aromatic carbocycles. The van der Waals surface area contributed by atoms with E-state index in [0.29, 0.717) is 0 Å². The van der Waals surface area contributed by atoms with E-state index >= 15 is 0 Å². The van der Waals surface area contributed by atoms with E-state index in [0.717, 1.165) is 6.07 Å². The quantitative estimate of drug-likeness (QED) is 0.619. The summed E-state index contributed by atoms with van der Waals surface area (Å²) in [6, 6.07) is 4.74. The Morgan fingerprint density at radius 2 is 1.23 bits per heavy atom. The Labute approximate surface area is 139 Å². The average molecular weight is 404 g/mol. The van der Waals surface area contributed by atoms with E-state index in [1.165, 1.54) is 25.1 Å². The van der Waals surface area contributed by atoms with Gasteiger partial charge in [-0.3, -0.25) is 0 Å². The number of aliphatic hydroxyl groups is 1. The number of halogens is 11. The normalized spacial score (nSPS) is 15.9. The highest BCUT2D eigenvalue weighted by Gasteiger charge is 2.87. The second-order valence-corrected chi connectivity index (χ2v) is 5.50. The SMILES string of the molecule is Cc1ccccc1C(O)CC(F)(F)C(F)(F)C(F)(F)C(F)(F)C(F)(F)F. The van der Waals surface area contributed by atoms with Gasteiger partial charge in [-0.15, -0.1) is 0 Å². The van der Waals surface area contributed by atoms with Crippen LogP contribution in [0.1, 0.15) is 23.7 Å². The predicted octanol–water partition coefficient (Wildman–Crippen LogP) is 5.52. The minimum atomic E-state index is -7.47. The Balaban J connectivity index is 3.26. The highest BCUT2D eigenvalue weighted by molar-refractivity contribution is 5.28. The zero-order chi connectivity index (χ0) is 20.8. The molecule has 1 nitrogen and oxygen atoms in total. The molecule has 0 aromatic heterocycles. The van der Waals surface area contributed by atoms with Crippen molar-refractivity contribution in [2.45, 2.75) is 49.3 Å². The van der Waals surface area contributed by atoms with Crippen molar-refractivity contribution in [1.29, 1.82) is 0 Å². The van der Waals surface area contributed by atoms with Gasteiger partial charge in [0.05, 0.1) is 6.10 Å². The summed E-state index contributed by atoms with van der Waals surface area (Å²) in [6.07, 6.45) is -12.2. The summed E-state index contributed by atoms with van der Waals surface area (Å²) < 4.78 is 142. The first-order chi connectivity index (χ1) is 11.4. The second kappa shape index (κ2) is 6.54. The highest BCUT2D eigenvalue weighted by Crippen LogP contribution is 2.58. The van der Waals surface area contributed by atoms with E-state index in [4.69, 9.17) is 0 Å². The number of hydrogen-bond donors (Lipinski definition) is 1. The summed E-state index contributed by atoms with van der Waals surface area (Å²) >= 11 is 0. The molecule has 0 aliphatic carbocycles. The van der Waals surface area contributed by atoms with Crippen LogP contribution in [-0.4, -0.2) is 35.0 Å². The summed E-state index contributed by atoms with van der Waals surface area (Å²) in [4.78, 5) is 0. The molecule has 0 radical (unpaired) electrons. The lowest BCUT2D eigenvalue weighted by Gasteiger charge is -2.37. The van der Waals surface area contributed by atoms with Gasteiger partial charge in [-0.1, -0.05) is 24.3 Å². The molecule has 0 aliphatic heterocycles. The van der Waals surface area contributed by atoms with Gasteiger partial charge in [0, 0.05) is 6.42 Å². The topological polar surface area (TPSA) is 20.2 Å². The molecular formula is C14H11F11O. The average Bonchev–Trinajstić information content (AvgIpc) is 2.45. The number of alkyl halides is 11. The number of aliphatic hydroxyl groups excluding tert-OH is 1. The Morgan fingerprint density at radius 3 is 1.65 bits per heavy atom. The highest BCUT2D eigenvalue weighted by atomic mass is 19.4. The smallest absolute Gasteiger partial charge is 0.388 e. The number of benzene rings is 1. The second-order valence-electron chi connectivity index (χ2n) is 5.50. The standard InChI is InChI=1S/C14H11F11O/c1-7-4-2-3-5-8(7)9(26)6-10(15,16)11(17,18)12(19,20)13(21,22)14(23,24)25/h2-5,9,26H,6H2,1H3. The largest absolute Gasteiger partial charge is 0.460 e. The van der Waals surface area contributed by atoms with Crippen LogP contribution in [0.25, 0.3) is 0 Å². The van der Waals surface area contributed by atoms with E-state index in [1.807, 2.05) is 0 Å². The van der Waals surface area contributed by atoms with Crippen molar-refractivity contribution in [2.24, 2.45) is 0 Å². The molecule has 0 saturated heterocycles. The molecule has 0 bridgehead atoms. The minimum Gasteiger partial charge on any atom is -0.388 e. The molecule has 0 heterocycles. The molecule has 0 spiro atoms. The van der Waals surface area contributed by atoms with Crippen molar-refractivity contribution >= 4 is 0 Å². The molecule has 1 atom stereocenters. The van der Waals surface area contributed by atoms with Crippen molar-refractivity contribution in [3.8, 4) is 0 Å². The lowest BCUT2D eigenvalue weighted by atomic mass is 9.91. The van der Waals surface area contributed by atoms with Gasteiger partial charge >= 0.3 is 29.9 Å². The molecule has 0 aliphatic rings. The van der Waals surface area contributed by atoms with Gasteiger partial charge in [0.25, 0.3) is 0 Å². The monoisotopic (exact) mass is 404 g/mol. The van der Waals surface area contributed by atoms with Gasteiger partial charge in [0.1, 0.15) is 0 Å². The number of rotatable bonds is 6. The molecule has 0 saturated carbocycles. The third-order valence-electron chi connectivity index (χ3n) is 3.60. The first-order valence-electron chi connectivity index (χ1n) is 6.71. The van der Waals surface area contributed by atoms with Crippen molar-refractivity contribution in [3.63, 3.8) is 0 Å². The zero-order valence-corrected chi connectivity index (χ0v) is 12.7. The van der Waals surface area contributed by atoms with Crippen molar-refractivity contribution in [3.05, 3.63) is 35.4 Å². The van der Waals surface area contributed by atoms with Crippen LogP contribution in [0.4, 0.5) is 48.3 Å². The molecule has 1 aromatic rings. The van der Waals surface area contributed by atoms with Crippen LogP contribution in [0.2, 0.25) is 0 Å². The maximum atomic E-state index is 13.6. The van der Waals surface area contributed by atoms with Crippen molar-refractivity contribution < 1.29 is 53.4 Å².